The monoisotopic (exact) mass is 430 g/mol. The van der Waals surface area contributed by atoms with Crippen molar-refractivity contribution < 1.29 is 4.79 Å². The number of amides is 1. The van der Waals surface area contributed by atoms with Gasteiger partial charge in [-0.15, -0.1) is 0 Å². The molecule has 4 rings (SSSR count). The van der Waals surface area contributed by atoms with Gasteiger partial charge in [-0.05, 0) is 48.7 Å². The van der Waals surface area contributed by atoms with E-state index >= 15 is 0 Å². The van der Waals surface area contributed by atoms with Gasteiger partial charge in [-0.25, -0.2) is 9.97 Å². The number of nitrogens with zero attached hydrogens (tertiary/aromatic N) is 3. The van der Waals surface area contributed by atoms with Crippen LogP contribution in [-0.2, 0) is 12.3 Å². The van der Waals surface area contributed by atoms with Crippen molar-refractivity contribution >= 4 is 28.8 Å². The second kappa shape index (κ2) is 9.79. The van der Waals surface area contributed by atoms with Crippen LogP contribution >= 0.6 is 11.8 Å². The van der Waals surface area contributed by atoms with Crippen molar-refractivity contribution in [1.29, 1.82) is 0 Å². The number of hydrogen-bond acceptors (Lipinski definition) is 4. The molecule has 0 aliphatic heterocycles. The zero-order valence-electron chi connectivity index (χ0n) is 17.8. The summed E-state index contributed by atoms with van der Waals surface area (Å²) in [5, 5.41) is 3.95. The summed E-state index contributed by atoms with van der Waals surface area (Å²) in [5.74, 6) is 0.745. The normalized spacial score (nSPS) is 12.1. The summed E-state index contributed by atoms with van der Waals surface area (Å²) in [5.41, 5.74) is 4.85. The van der Waals surface area contributed by atoms with Crippen molar-refractivity contribution in [2.24, 2.45) is 0 Å². The molecule has 0 spiro atoms. The Bertz CT molecular complexity index is 1160. The Labute approximate surface area is 186 Å². The average Bonchev–Trinajstić information content (AvgIpc) is 3.16. The maximum Gasteiger partial charge on any atom is 0.251 e. The number of imidazole rings is 1. The van der Waals surface area contributed by atoms with Gasteiger partial charge in [0.2, 0.25) is 0 Å². The fourth-order valence-corrected chi connectivity index (χ4v) is 4.22. The fourth-order valence-electron chi connectivity index (χ4n) is 3.27. The van der Waals surface area contributed by atoms with Gasteiger partial charge in [0.05, 0.1) is 6.54 Å². The van der Waals surface area contributed by atoms with Gasteiger partial charge in [0.25, 0.3) is 5.91 Å². The fraction of sp³-hybridized carbons (Fsp3) is 0.240. The molecule has 2 aromatic carbocycles. The predicted octanol–water partition coefficient (Wildman–Crippen LogP) is 5.30. The Morgan fingerprint density at radius 2 is 1.81 bits per heavy atom. The molecule has 31 heavy (non-hydrogen) atoms. The van der Waals surface area contributed by atoms with Gasteiger partial charge in [0.15, 0.2) is 10.8 Å². The van der Waals surface area contributed by atoms with E-state index in [0.717, 1.165) is 40.6 Å². The van der Waals surface area contributed by atoms with E-state index in [0.29, 0.717) is 5.56 Å². The predicted molar refractivity (Wildman–Crippen MR) is 126 cm³/mol. The standard InChI is InChI=1S/C25H26N4OS/c1-3-18(2)27-24(30)21-13-11-20(12-14-21)17-31-25-28-22-10-7-15-26-23(22)29(25)16-19-8-5-4-6-9-19/h4-15,18H,3,16-17H2,1-2H3,(H,27,30)/t18-/m0/s1. The Kier molecular flexibility index (Phi) is 6.67. The number of carbonyl (C=O) groups excluding carboxylic acids is 1. The van der Waals surface area contributed by atoms with E-state index < -0.39 is 0 Å². The Morgan fingerprint density at radius 1 is 1.03 bits per heavy atom. The van der Waals surface area contributed by atoms with Crippen LogP contribution in [0.4, 0.5) is 0 Å². The largest absolute Gasteiger partial charge is 0.350 e. The van der Waals surface area contributed by atoms with Crippen LogP contribution < -0.4 is 5.32 Å². The maximum atomic E-state index is 12.3. The molecule has 5 nitrogen and oxygen atoms in total. The lowest BCUT2D eigenvalue weighted by Gasteiger charge is -2.11. The number of fused-ring (bicyclic) bond motifs is 1. The minimum atomic E-state index is -0.0238. The van der Waals surface area contributed by atoms with Crippen LogP contribution in [0.5, 0.6) is 0 Å². The van der Waals surface area contributed by atoms with Crippen LogP contribution in [0, 0.1) is 0 Å². The van der Waals surface area contributed by atoms with Crippen LogP contribution in [0.3, 0.4) is 0 Å². The van der Waals surface area contributed by atoms with Crippen molar-refractivity contribution in [2.45, 2.75) is 43.8 Å². The lowest BCUT2D eigenvalue weighted by molar-refractivity contribution is 0.0939. The first-order valence-corrected chi connectivity index (χ1v) is 11.5. The first-order valence-electron chi connectivity index (χ1n) is 10.5. The molecule has 0 bridgehead atoms. The third-order valence-electron chi connectivity index (χ3n) is 5.23. The minimum Gasteiger partial charge on any atom is -0.350 e. The molecule has 0 radical (unpaired) electrons. The lowest BCUT2D eigenvalue weighted by atomic mass is 10.1. The Morgan fingerprint density at radius 3 is 2.55 bits per heavy atom. The number of carbonyl (C=O) groups is 1. The smallest absolute Gasteiger partial charge is 0.251 e. The number of hydrogen-bond donors (Lipinski definition) is 1. The highest BCUT2D eigenvalue weighted by Crippen LogP contribution is 2.27. The molecule has 0 fully saturated rings. The van der Waals surface area contributed by atoms with E-state index in [4.69, 9.17) is 4.98 Å². The highest BCUT2D eigenvalue weighted by molar-refractivity contribution is 7.98. The number of rotatable bonds is 8. The third kappa shape index (κ3) is 5.14. The zero-order chi connectivity index (χ0) is 21.6. The maximum absolute atomic E-state index is 12.3. The molecular formula is C25H26N4OS. The summed E-state index contributed by atoms with van der Waals surface area (Å²) < 4.78 is 2.17. The van der Waals surface area contributed by atoms with E-state index in [1.807, 2.05) is 67.7 Å². The van der Waals surface area contributed by atoms with Crippen LogP contribution in [0.15, 0.2) is 78.1 Å². The Balaban J connectivity index is 1.50. The van der Waals surface area contributed by atoms with Crippen molar-refractivity contribution in [1.82, 2.24) is 19.9 Å². The number of aromatic nitrogens is 3. The molecule has 158 valence electrons. The summed E-state index contributed by atoms with van der Waals surface area (Å²) >= 11 is 1.68. The first-order chi connectivity index (χ1) is 15.1. The van der Waals surface area contributed by atoms with Gasteiger partial charge in [0.1, 0.15) is 5.52 Å². The zero-order valence-corrected chi connectivity index (χ0v) is 18.6. The molecule has 0 saturated heterocycles. The molecule has 6 heteroatoms. The van der Waals surface area contributed by atoms with Crippen LogP contribution in [0.2, 0.25) is 0 Å². The second-order valence-electron chi connectivity index (χ2n) is 7.58. The highest BCUT2D eigenvalue weighted by Gasteiger charge is 2.13. The summed E-state index contributed by atoms with van der Waals surface area (Å²) in [6, 6.07) is 22.3. The SMILES string of the molecule is CC[C@H](C)NC(=O)c1ccc(CSc2nc3cccnc3n2Cc2ccccc2)cc1. The van der Waals surface area contributed by atoms with E-state index in [2.05, 4.69) is 33.9 Å². The first kappa shape index (κ1) is 21.1. The van der Waals surface area contributed by atoms with Crippen LogP contribution in [0.25, 0.3) is 11.2 Å². The second-order valence-corrected chi connectivity index (χ2v) is 8.52. The van der Waals surface area contributed by atoms with Crippen molar-refractivity contribution in [3.8, 4) is 0 Å². The van der Waals surface area contributed by atoms with Gasteiger partial charge >= 0.3 is 0 Å². The quantitative estimate of drug-likeness (QED) is 0.385. The third-order valence-corrected chi connectivity index (χ3v) is 6.27. The molecule has 4 aromatic rings. The average molecular weight is 431 g/mol. The number of thioether (sulfide) groups is 1. The molecule has 2 aromatic heterocycles. The van der Waals surface area contributed by atoms with E-state index in [1.165, 1.54) is 5.56 Å². The molecule has 1 N–H and O–H groups in total. The molecule has 1 amide bonds. The van der Waals surface area contributed by atoms with Gasteiger partial charge in [-0.1, -0.05) is 61.2 Å². The molecule has 1 atom stereocenters. The molecule has 0 unspecified atom stereocenters. The van der Waals surface area contributed by atoms with E-state index in [1.54, 1.807) is 11.8 Å². The molecular weight excluding hydrogens is 404 g/mol. The van der Waals surface area contributed by atoms with Crippen molar-refractivity contribution in [3.05, 3.63) is 89.6 Å². The summed E-state index contributed by atoms with van der Waals surface area (Å²) in [4.78, 5) is 21.7. The lowest BCUT2D eigenvalue weighted by Crippen LogP contribution is -2.31. The van der Waals surface area contributed by atoms with Gasteiger partial charge < -0.3 is 5.32 Å². The van der Waals surface area contributed by atoms with Gasteiger partial charge in [0, 0.05) is 23.6 Å². The van der Waals surface area contributed by atoms with E-state index in [9.17, 15) is 4.79 Å². The topological polar surface area (TPSA) is 59.8 Å². The van der Waals surface area contributed by atoms with Crippen LogP contribution in [0.1, 0.15) is 41.8 Å². The molecule has 2 heterocycles. The number of benzene rings is 2. The number of nitrogens with one attached hydrogen (secondary N) is 1. The van der Waals surface area contributed by atoms with Crippen LogP contribution in [-0.4, -0.2) is 26.5 Å². The Hall–Kier alpha value is -3.12. The summed E-state index contributed by atoms with van der Waals surface area (Å²) in [6.07, 6.45) is 2.72. The highest BCUT2D eigenvalue weighted by atomic mass is 32.2. The van der Waals surface area contributed by atoms with Gasteiger partial charge in [-0.2, -0.15) is 0 Å². The molecule has 0 saturated carbocycles. The molecule has 0 aliphatic rings. The minimum absolute atomic E-state index is 0.0238. The summed E-state index contributed by atoms with van der Waals surface area (Å²) in [7, 11) is 0. The van der Waals surface area contributed by atoms with E-state index in [-0.39, 0.29) is 11.9 Å². The van der Waals surface area contributed by atoms with Crippen molar-refractivity contribution in [3.63, 3.8) is 0 Å². The van der Waals surface area contributed by atoms with Crippen molar-refractivity contribution in [2.75, 3.05) is 0 Å². The summed E-state index contributed by atoms with van der Waals surface area (Å²) in [6.45, 7) is 4.80. The number of pyridine rings is 1. The molecule has 0 aliphatic carbocycles. The van der Waals surface area contributed by atoms with Gasteiger partial charge in [-0.3, -0.25) is 9.36 Å².